The van der Waals surface area contributed by atoms with Gasteiger partial charge in [-0.2, -0.15) is 0 Å². The summed E-state index contributed by atoms with van der Waals surface area (Å²) in [5, 5.41) is 18.3. The molecule has 1 aromatic heterocycles. The van der Waals surface area contributed by atoms with E-state index in [9.17, 15) is 28.1 Å². The third-order valence-electron chi connectivity index (χ3n) is 6.36. The molecule has 0 saturated carbocycles. The highest BCUT2D eigenvalue weighted by molar-refractivity contribution is 9.10. The van der Waals surface area contributed by atoms with Crippen LogP contribution in [0.3, 0.4) is 0 Å². The number of benzene rings is 2. The first kappa shape index (κ1) is 23.3. The van der Waals surface area contributed by atoms with Gasteiger partial charge in [0, 0.05) is 39.0 Å². The van der Waals surface area contributed by atoms with E-state index in [0.717, 1.165) is 16.6 Å². The summed E-state index contributed by atoms with van der Waals surface area (Å²) in [7, 11) is 0. The fourth-order valence-corrected chi connectivity index (χ4v) is 5.36. The van der Waals surface area contributed by atoms with E-state index in [1.807, 2.05) is 0 Å². The first-order chi connectivity index (χ1) is 16.6. The van der Waals surface area contributed by atoms with Crippen molar-refractivity contribution in [3.63, 3.8) is 0 Å². The second kappa shape index (κ2) is 8.34. The molecule has 2 aromatic carbocycles. The van der Waals surface area contributed by atoms with E-state index in [2.05, 4.69) is 41.3 Å². The lowest BCUT2D eigenvalue weighted by Crippen LogP contribution is -2.49. The zero-order chi connectivity index (χ0) is 25.0. The number of carbonyl (C=O) groups is 1. The average molecular weight is 552 g/mol. The first-order valence-corrected chi connectivity index (χ1v) is 11.2. The molecular weight excluding hydrogens is 535 g/mol. The zero-order valence-corrected chi connectivity index (χ0v) is 19.3. The van der Waals surface area contributed by atoms with Crippen LogP contribution in [0.5, 0.6) is 5.75 Å². The Bertz CT molecular complexity index is 1290. The second-order valence-corrected chi connectivity index (χ2v) is 9.27. The molecule has 2 aliphatic rings. The van der Waals surface area contributed by atoms with E-state index in [4.69, 9.17) is 0 Å². The number of hydrogen-bond acceptors (Lipinski definition) is 6. The van der Waals surface area contributed by atoms with Crippen molar-refractivity contribution in [2.75, 3.05) is 5.32 Å². The molecule has 3 heterocycles. The monoisotopic (exact) mass is 551 g/mol. The molecule has 1 saturated heterocycles. The maximum atomic E-state index is 13.5. The van der Waals surface area contributed by atoms with Gasteiger partial charge in [0.2, 0.25) is 11.9 Å². The Hall–Kier alpha value is -3.45. The van der Waals surface area contributed by atoms with E-state index in [-0.39, 0.29) is 17.7 Å². The number of rotatable bonds is 5. The van der Waals surface area contributed by atoms with Crippen LogP contribution in [-0.4, -0.2) is 39.2 Å². The summed E-state index contributed by atoms with van der Waals surface area (Å²) in [5.41, 5.74) is -0.218. The van der Waals surface area contributed by atoms with E-state index in [0.29, 0.717) is 11.3 Å². The van der Waals surface area contributed by atoms with E-state index < -0.39 is 46.5 Å². The summed E-state index contributed by atoms with van der Waals surface area (Å²) in [4.78, 5) is 32.4. The van der Waals surface area contributed by atoms with Crippen molar-refractivity contribution < 1.29 is 27.6 Å². The fraction of sp³-hybridized carbons (Fsp3) is 0.273. The van der Waals surface area contributed by atoms with Gasteiger partial charge in [-0.25, -0.2) is 4.98 Å². The standard InChI is InChI=1S/C22H17BrF3N5O4/c23-12-3-1-11(2-4-12)18-19(31(33)34)17(7-13-9-27-10-28-13)30-21(18)15-8-14(35-22(24,25)26)5-6-16(15)29-20(21)32/h1-6,8-10,17-19,30H,7H2,(H,27,28)(H,29,32)/t17-,18+,19-,21+/m1/s1. The van der Waals surface area contributed by atoms with Crippen LogP contribution in [0.1, 0.15) is 22.7 Å². The molecule has 9 nitrogen and oxygen atoms in total. The molecule has 5 rings (SSSR count). The predicted molar refractivity (Wildman–Crippen MR) is 120 cm³/mol. The smallest absolute Gasteiger partial charge is 0.406 e. The van der Waals surface area contributed by atoms with Gasteiger partial charge in [0.05, 0.1) is 18.3 Å². The molecule has 3 N–H and O–H groups in total. The predicted octanol–water partition coefficient (Wildman–Crippen LogP) is 3.86. The average Bonchev–Trinajstić information content (AvgIpc) is 3.47. The van der Waals surface area contributed by atoms with Gasteiger partial charge in [0.25, 0.3) is 0 Å². The van der Waals surface area contributed by atoms with Gasteiger partial charge < -0.3 is 15.0 Å². The number of H-pyrrole nitrogens is 1. The van der Waals surface area contributed by atoms with Crippen LogP contribution in [0.4, 0.5) is 18.9 Å². The number of aromatic nitrogens is 2. The summed E-state index contributed by atoms with van der Waals surface area (Å²) in [6, 6.07) is 8.07. The van der Waals surface area contributed by atoms with Crippen molar-refractivity contribution in [3.8, 4) is 5.75 Å². The number of alkyl halides is 3. The van der Waals surface area contributed by atoms with Gasteiger partial charge in [-0.05, 0) is 35.9 Å². The Morgan fingerprint density at radius 3 is 2.57 bits per heavy atom. The SMILES string of the molecule is O=C1Nc2ccc(OC(F)(F)F)cc2[C@@]12N[C@H](Cc1cnc[nH]1)[C@@H]([N+](=O)[O-])[C@@H]2c1ccc(Br)cc1. The Labute approximate surface area is 204 Å². The van der Waals surface area contributed by atoms with Crippen LogP contribution in [0.25, 0.3) is 0 Å². The van der Waals surface area contributed by atoms with Gasteiger partial charge in [-0.1, -0.05) is 28.1 Å². The Balaban J connectivity index is 1.69. The molecule has 13 heteroatoms. The van der Waals surface area contributed by atoms with Crippen molar-refractivity contribution in [2.45, 2.75) is 36.3 Å². The largest absolute Gasteiger partial charge is 0.573 e. The molecule has 0 unspecified atom stereocenters. The molecule has 0 bridgehead atoms. The van der Waals surface area contributed by atoms with Crippen LogP contribution in [-0.2, 0) is 16.8 Å². The van der Waals surface area contributed by atoms with Crippen LogP contribution in [0.15, 0.2) is 59.5 Å². The van der Waals surface area contributed by atoms with Gasteiger partial charge in [0.15, 0.2) is 0 Å². The molecule has 35 heavy (non-hydrogen) atoms. The van der Waals surface area contributed by atoms with E-state index >= 15 is 0 Å². The zero-order valence-electron chi connectivity index (χ0n) is 17.7. The van der Waals surface area contributed by atoms with E-state index in [1.54, 1.807) is 24.3 Å². The molecule has 1 amide bonds. The molecule has 2 aliphatic heterocycles. The van der Waals surface area contributed by atoms with Crippen LogP contribution < -0.4 is 15.4 Å². The number of amides is 1. The van der Waals surface area contributed by atoms with Gasteiger partial charge >= 0.3 is 6.36 Å². The highest BCUT2D eigenvalue weighted by atomic mass is 79.9. The summed E-state index contributed by atoms with van der Waals surface area (Å²) in [6.07, 6.45) is -1.85. The first-order valence-electron chi connectivity index (χ1n) is 10.4. The van der Waals surface area contributed by atoms with Crippen molar-refractivity contribution in [1.29, 1.82) is 0 Å². The number of fused-ring (bicyclic) bond motifs is 2. The molecular formula is C22H17BrF3N5O4. The van der Waals surface area contributed by atoms with Crippen molar-refractivity contribution in [1.82, 2.24) is 15.3 Å². The lowest BCUT2D eigenvalue weighted by Gasteiger charge is -2.30. The van der Waals surface area contributed by atoms with Crippen LogP contribution in [0, 0.1) is 10.1 Å². The molecule has 1 fully saturated rings. The summed E-state index contributed by atoms with van der Waals surface area (Å²) < 4.78 is 43.6. The minimum atomic E-state index is -4.95. The summed E-state index contributed by atoms with van der Waals surface area (Å²) >= 11 is 3.34. The van der Waals surface area contributed by atoms with E-state index in [1.165, 1.54) is 18.6 Å². The number of nitrogens with one attached hydrogen (secondary N) is 3. The normalized spacial score (nSPS) is 25.5. The summed E-state index contributed by atoms with van der Waals surface area (Å²) in [5.74, 6) is -2.16. The number of halogens is 4. The number of nitrogens with zero attached hydrogens (tertiary/aromatic N) is 2. The number of ether oxygens (including phenoxy) is 1. The van der Waals surface area contributed by atoms with Gasteiger partial charge in [-0.3, -0.25) is 20.2 Å². The maximum Gasteiger partial charge on any atom is 0.573 e. The number of aromatic amines is 1. The van der Waals surface area contributed by atoms with Crippen molar-refractivity contribution >= 4 is 27.5 Å². The molecule has 3 aromatic rings. The lowest BCUT2D eigenvalue weighted by molar-refractivity contribution is -0.526. The Kier molecular flexibility index (Phi) is 5.55. The highest BCUT2D eigenvalue weighted by Gasteiger charge is 2.66. The number of imidazole rings is 1. The number of hydrogen-bond donors (Lipinski definition) is 3. The minimum Gasteiger partial charge on any atom is -0.406 e. The van der Waals surface area contributed by atoms with Crippen LogP contribution in [0.2, 0.25) is 0 Å². The molecule has 0 radical (unpaired) electrons. The maximum absolute atomic E-state index is 13.5. The second-order valence-electron chi connectivity index (χ2n) is 8.35. The Morgan fingerprint density at radius 1 is 1.20 bits per heavy atom. The topological polar surface area (TPSA) is 122 Å². The minimum absolute atomic E-state index is 0.141. The number of anilines is 1. The molecule has 4 atom stereocenters. The third-order valence-corrected chi connectivity index (χ3v) is 6.89. The van der Waals surface area contributed by atoms with Crippen LogP contribution >= 0.6 is 15.9 Å². The third kappa shape index (κ3) is 4.04. The van der Waals surface area contributed by atoms with Gasteiger partial charge in [0.1, 0.15) is 11.3 Å². The fourth-order valence-electron chi connectivity index (χ4n) is 5.10. The number of nitro groups is 1. The Morgan fingerprint density at radius 2 is 1.94 bits per heavy atom. The number of carbonyl (C=O) groups excluding carboxylic acids is 1. The molecule has 0 aliphatic carbocycles. The lowest BCUT2D eigenvalue weighted by atomic mass is 9.74. The molecule has 182 valence electrons. The van der Waals surface area contributed by atoms with Crippen molar-refractivity contribution in [3.05, 3.63) is 86.4 Å². The molecule has 1 spiro atoms. The van der Waals surface area contributed by atoms with Gasteiger partial charge in [-0.15, -0.1) is 13.2 Å². The van der Waals surface area contributed by atoms with Crippen molar-refractivity contribution in [2.24, 2.45) is 0 Å². The summed E-state index contributed by atoms with van der Waals surface area (Å²) in [6.45, 7) is 0. The quantitative estimate of drug-likeness (QED) is 0.327. The highest BCUT2D eigenvalue weighted by Crippen LogP contribution is 2.53.